The Labute approximate surface area is 271 Å². The van der Waals surface area contributed by atoms with Gasteiger partial charge in [-0.15, -0.1) is 0 Å². The number of nitriles is 1. The number of benzene rings is 2. The molecule has 2 unspecified atom stereocenters. The van der Waals surface area contributed by atoms with Crippen LogP contribution in [0.3, 0.4) is 0 Å². The van der Waals surface area contributed by atoms with Crippen LogP contribution in [0.5, 0.6) is 5.75 Å². The lowest BCUT2D eigenvalue weighted by Gasteiger charge is -2.43. The van der Waals surface area contributed by atoms with Crippen LogP contribution in [0.1, 0.15) is 18.4 Å². The van der Waals surface area contributed by atoms with Gasteiger partial charge in [-0.25, -0.2) is 14.4 Å². The van der Waals surface area contributed by atoms with Gasteiger partial charge in [0.1, 0.15) is 24.3 Å². The van der Waals surface area contributed by atoms with Crippen LogP contribution < -0.4 is 20.3 Å². The number of nitrogens with one attached hydrogen (secondary N) is 2. The van der Waals surface area contributed by atoms with E-state index in [2.05, 4.69) is 53.6 Å². The number of hydrogen-bond donors (Lipinski definition) is 2. The van der Waals surface area contributed by atoms with Gasteiger partial charge in [-0.3, -0.25) is 14.5 Å². The molecule has 2 amide bonds. The van der Waals surface area contributed by atoms with Gasteiger partial charge in [0, 0.05) is 69.0 Å². The minimum atomic E-state index is -1.44. The number of rotatable bonds is 8. The third-order valence-corrected chi connectivity index (χ3v) is 9.27. The second kappa shape index (κ2) is 13.5. The molecule has 4 saturated heterocycles. The summed E-state index contributed by atoms with van der Waals surface area (Å²) in [6, 6.07) is 15.8. The largest absolute Gasteiger partial charge is 0.486 e. The number of piperidine rings is 1. The second-order valence-electron chi connectivity index (χ2n) is 12.3. The first-order valence-corrected chi connectivity index (χ1v) is 16.0. The number of hydrogen-bond acceptors (Lipinski definition) is 11. The molecular weight excluding hydrogens is 605 g/mol. The average Bonchev–Trinajstić information content (AvgIpc) is 3.51. The maximum atomic E-state index is 15.2. The summed E-state index contributed by atoms with van der Waals surface area (Å²) >= 11 is 0. The van der Waals surface area contributed by atoms with Crippen LogP contribution >= 0.6 is 0 Å². The SMILES string of the molecule is N#Cc1cc(-c2ncnc(Nc3ccc(N4CCN(C5COC5)CC4)cc3)n2)ccc1OC1CCN(C(=O)C2CNC(=O)C2)C[C@H]1F. The molecule has 0 spiro atoms. The lowest BCUT2D eigenvalue weighted by molar-refractivity contribution is -0.139. The van der Waals surface area contributed by atoms with E-state index in [1.54, 1.807) is 18.2 Å². The standard InChI is InChI=1S/C33H36FN9O4/c34-27-17-43(32(45)23-14-30(44)36-16-23)8-7-29(27)47-28-6-1-21(13-22(28)15-35)31-37-20-38-33(40-31)39-24-2-4-25(5-3-24)41-9-11-42(12-10-41)26-18-46-19-26/h1-6,13,20,23,26-27,29H,7-12,14,16-19H2,(H,36,44)(H,37,38,39,40)/t23?,27-,29?/m1/s1. The van der Waals surface area contributed by atoms with Crippen molar-refractivity contribution in [3.8, 4) is 23.2 Å². The number of nitrogens with zero attached hydrogens (tertiary/aromatic N) is 7. The topological polar surface area (TPSA) is 149 Å². The summed E-state index contributed by atoms with van der Waals surface area (Å²) in [5, 5.41) is 15.7. The zero-order valence-corrected chi connectivity index (χ0v) is 25.8. The van der Waals surface area contributed by atoms with E-state index < -0.39 is 18.2 Å². The van der Waals surface area contributed by atoms with Gasteiger partial charge in [0.2, 0.25) is 17.8 Å². The molecule has 14 heteroatoms. The van der Waals surface area contributed by atoms with Crippen molar-refractivity contribution >= 4 is 29.1 Å². The third kappa shape index (κ3) is 6.81. The van der Waals surface area contributed by atoms with Crippen molar-refractivity contribution in [3.63, 3.8) is 0 Å². The quantitative estimate of drug-likeness (QED) is 0.373. The molecule has 244 valence electrons. The van der Waals surface area contributed by atoms with E-state index in [0.29, 0.717) is 29.9 Å². The fourth-order valence-electron chi connectivity index (χ4n) is 6.44. The molecule has 13 nitrogen and oxygen atoms in total. The number of likely N-dealkylation sites (tertiary alicyclic amines) is 1. The number of ether oxygens (including phenoxy) is 2. The Hall–Kier alpha value is -4.87. The number of aromatic nitrogens is 3. The van der Waals surface area contributed by atoms with Gasteiger partial charge in [0.05, 0.1) is 37.3 Å². The molecule has 4 aliphatic heterocycles. The molecule has 0 bridgehead atoms. The molecule has 7 rings (SSSR count). The molecule has 0 radical (unpaired) electrons. The minimum absolute atomic E-state index is 0.120. The summed E-state index contributed by atoms with van der Waals surface area (Å²) < 4.78 is 26.4. The molecule has 3 aromatic rings. The number of halogens is 1. The number of piperazine rings is 1. The van der Waals surface area contributed by atoms with Crippen molar-refractivity contribution in [3.05, 3.63) is 54.4 Å². The molecular formula is C33H36FN9O4. The number of carbonyl (C=O) groups is 2. The minimum Gasteiger partial charge on any atom is -0.486 e. The molecule has 47 heavy (non-hydrogen) atoms. The van der Waals surface area contributed by atoms with Crippen LogP contribution in [-0.2, 0) is 14.3 Å². The Kier molecular flexibility index (Phi) is 8.82. The summed E-state index contributed by atoms with van der Waals surface area (Å²) in [6.07, 6.45) is -0.447. The summed E-state index contributed by atoms with van der Waals surface area (Å²) in [4.78, 5) is 43.7. The van der Waals surface area contributed by atoms with E-state index in [9.17, 15) is 14.9 Å². The van der Waals surface area contributed by atoms with Crippen LogP contribution in [0.25, 0.3) is 11.4 Å². The number of carbonyl (C=O) groups excluding carboxylic acids is 2. The monoisotopic (exact) mass is 641 g/mol. The lowest BCUT2D eigenvalue weighted by Crippen LogP contribution is -2.56. The van der Waals surface area contributed by atoms with E-state index >= 15 is 4.39 Å². The molecule has 5 heterocycles. The highest BCUT2D eigenvalue weighted by Gasteiger charge is 2.38. The fourth-order valence-corrected chi connectivity index (χ4v) is 6.44. The van der Waals surface area contributed by atoms with E-state index in [-0.39, 0.29) is 49.1 Å². The van der Waals surface area contributed by atoms with Crippen molar-refractivity contribution in [2.75, 3.05) is 69.2 Å². The summed E-state index contributed by atoms with van der Waals surface area (Å²) in [5.41, 5.74) is 2.80. The molecule has 2 N–H and O–H groups in total. The highest BCUT2D eigenvalue weighted by Crippen LogP contribution is 2.29. The Morgan fingerprint density at radius 2 is 1.89 bits per heavy atom. The van der Waals surface area contributed by atoms with Crippen LogP contribution in [-0.4, -0.2) is 114 Å². The lowest BCUT2D eigenvalue weighted by atomic mass is 10.0. The van der Waals surface area contributed by atoms with Crippen molar-refractivity contribution in [1.82, 2.24) is 30.1 Å². The second-order valence-corrected chi connectivity index (χ2v) is 12.3. The average molecular weight is 642 g/mol. The summed E-state index contributed by atoms with van der Waals surface area (Å²) in [6.45, 7) is 6.18. The molecule has 4 fully saturated rings. The Morgan fingerprint density at radius 3 is 2.57 bits per heavy atom. The molecule has 1 aromatic heterocycles. The number of anilines is 3. The normalized spacial score (nSPS) is 23.5. The predicted molar refractivity (Wildman–Crippen MR) is 170 cm³/mol. The first kappa shape index (κ1) is 30.8. The maximum Gasteiger partial charge on any atom is 0.230 e. The van der Waals surface area contributed by atoms with Crippen LogP contribution in [0.4, 0.5) is 21.7 Å². The Morgan fingerprint density at radius 1 is 1.09 bits per heavy atom. The fraction of sp³-hybridized carbons (Fsp3) is 0.455. The van der Waals surface area contributed by atoms with Gasteiger partial charge < -0.3 is 29.9 Å². The smallest absolute Gasteiger partial charge is 0.230 e. The van der Waals surface area contributed by atoms with Crippen molar-refractivity contribution in [1.29, 1.82) is 5.26 Å². The zero-order valence-electron chi connectivity index (χ0n) is 25.8. The van der Waals surface area contributed by atoms with Gasteiger partial charge in [-0.1, -0.05) is 0 Å². The number of alkyl halides is 1. The van der Waals surface area contributed by atoms with E-state index in [4.69, 9.17) is 9.47 Å². The molecule has 0 aliphatic carbocycles. The first-order chi connectivity index (χ1) is 22.9. The third-order valence-electron chi connectivity index (χ3n) is 9.27. The van der Waals surface area contributed by atoms with Gasteiger partial charge in [-0.2, -0.15) is 10.2 Å². The zero-order chi connectivity index (χ0) is 32.3. The first-order valence-electron chi connectivity index (χ1n) is 16.0. The maximum absolute atomic E-state index is 15.2. The van der Waals surface area contributed by atoms with Crippen LogP contribution in [0, 0.1) is 17.2 Å². The summed E-state index contributed by atoms with van der Waals surface area (Å²) in [5.74, 6) is 0.130. The highest BCUT2D eigenvalue weighted by atomic mass is 19.1. The van der Waals surface area contributed by atoms with Crippen molar-refractivity contribution in [2.24, 2.45) is 5.92 Å². The van der Waals surface area contributed by atoms with Gasteiger partial charge in [-0.05, 0) is 42.5 Å². The van der Waals surface area contributed by atoms with Crippen molar-refractivity contribution < 1.29 is 23.5 Å². The van der Waals surface area contributed by atoms with Gasteiger partial charge >= 0.3 is 0 Å². The summed E-state index contributed by atoms with van der Waals surface area (Å²) in [7, 11) is 0. The Balaban J connectivity index is 0.956. The van der Waals surface area contributed by atoms with Crippen LogP contribution in [0.2, 0.25) is 0 Å². The highest BCUT2D eigenvalue weighted by molar-refractivity contribution is 5.89. The van der Waals surface area contributed by atoms with Crippen molar-refractivity contribution in [2.45, 2.75) is 31.2 Å². The van der Waals surface area contributed by atoms with Gasteiger partial charge in [0.25, 0.3) is 0 Å². The van der Waals surface area contributed by atoms with E-state index in [0.717, 1.165) is 45.1 Å². The molecule has 4 aliphatic rings. The predicted octanol–water partition coefficient (Wildman–Crippen LogP) is 2.13. The van der Waals surface area contributed by atoms with E-state index in [1.807, 2.05) is 12.1 Å². The molecule has 0 saturated carbocycles. The van der Waals surface area contributed by atoms with Gasteiger partial charge in [0.15, 0.2) is 12.0 Å². The Bertz CT molecular complexity index is 1660. The van der Waals surface area contributed by atoms with E-state index in [1.165, 1.54) is 16.9 Å². The number of amides is 2. The van der Waals surface area contributed by atoms with Crippen LogP contribution in [0.15, 0.2) is 48.8 Å². The molecule has 3 atom stereocenters. The molecule has 2 aromatic carbocycles.